The van der Waals surface area contributed by atoms with Crippen molar-refractivity contribution in [3.63, 3.8) is 0 Å². The van der Waals surface area contributed by atoms with Crippen LogP contribution < -0.4 is 4.74 Å². The van der Waals surface area contributed by atoms with E-state index in [1.54, 1.807) is 0 Å². The van der Waals surface area contributed by atoms with Gasteiger partial charge in [0.05, 0.1) is 5.60 Å². The number of aliphatic hydroxyl groups is 1. The lowest BCUT2D eigenvalue weighted by Gasteiger charge is -2.42. The van der Waals surface area contributed by atoms with Crippen LogP contribution in [0.1, 0.15) is 61.6 Å². The Labute approximate surface area is 199 Å². The third-order valence-corrected chi connectivity index (χ3v) is 7.24. The van der Waals surface area contributed by atoms with Crippen molar-refractivity contribution in [1.29, 1.82) is 0 Å². The molecule has 0 aliphatic heterocycles. The summed E-state index contributed by atoms with van der Waals surface area (Å²) in [7, 11) is 0. The van der Waals surface area contributed by atoms with Crippen molar-refractivity contribution in [2.45, 2.75) is 50.5 Å². The molecule has 0 saturated heterocycles. The molecule has 1 aliphatic carbocycles. The summed E-state index contributed by atoms with van der Waals surface area (Å²) < 4.78 is 5.97. The average molecular weight is 444 g/mol. The molecule has 174 valence electrons. The average Bonchev–Trinajstić information content (AvgIpc) is 2.88. The van der Waals surface area contributed by atoms with Crippen LogP contribution in [0, 0.1) is 0 Å². The summed E-state index contributed by atoms with van der Waals surface area (Å²) in [6.07, 6.45) is 2.54. The maximum atomic E-state index is 12.0. The molecule has 3 aromatic carbocycles. The zero-order valence-electron chi connectivity index (χ0n) is 20.0. The lowest BCUT2D eigenvalue weighted by atomic mass is 9.66. The van der Waals surface area contributed by atoms with Crippen LogP contribution in [-0.4, -0.2) is 36.2 Å². The molecule has 0 spiro atoms. The first-order chi connectivity index (χ1) is 16.1. The van der Waals surface area contributed by atoms with Crippen molar-refractivity contribution in [2.75, 3.05) is 26.2 Å². The smallest absolute Gasteiger partial charge is 0.119 e. The molecule has 2 unspecified atom stereocenters. The molecule has 0 radical (unpaired) electrons. The zero-order chi connectivity index (χ0) is 23.1. The fourth-order valence-corrected chi connectivity index (χ4v) is 5.30. The second kappa shape index (κ2) is 11.0. The quantitative estimate of drug-likeness (QED) is 0.418. The van der Waals surface area contributed by atoms with Crippen molar-refractivity contribution >= 4 is 0 Å². The fraction of sp³-hybridized carbons (Fsp3) is 0.400. The van der Waals surface area contributed by atoms with E-state index in [4.69, 9.17) is 4.74 Å². The zero-order valence-corrected chi connectivity index (χ0v) is 20.0. The summed E-state index contributed by atoms with van der Waals surface area (Å²) in [6, 6.07) is 29.5. The van der Waals surface area contributed by atoms with Crippen molar-refractivity contribution < 1.29 is 9.84 Å². The monoisotopic (exact) mass is 443 g/mol. The molecule has 3 heteroatoms. The maximum absolute atomic E-state index is 12.0. The van der Waals surface area contributed by atoms with Crippen LogP contribution in [-0.2, 0) is 5.60 Å². The van der Waals surface area contributed by atoms with E-state index in [1.807, 2.05) is 12.1 Å². The highest BCUT2D eigenvalue weighted by Crippen LogP contribution is 2.50. The molecule has 33 heavy (non-hydrogen) atoms. The van der Waals surface area contributed by atoms with Crippen molar-refractivity contribution in [3.8, 4) is 5.75 Å². The summed E-state index contributed by atoms with van der Waals surface area (Å²) >= 11 is 0. The molecule has 1 N–H and O–H groups in total. The Hall–Kier alpha value is -2.62. The largest absolute Gasteiger partial charge is 0.492 e. The number of hydrogen-bond donors (Lipinski definition) is 1. The van der Waals surface area contributed by atoms with Gasteiger partial charge in [-0.25, -0.2) is 0 Å². The van der Waals surface area contributed by atoms with Crippen molar-refractivity contribution in [1.82, 2.24) is 4.90 Å². The number of hydrogen-bond acceptors (Lipinski definition) is 3. The van der Waals surface area contributed by atoms with E-state index in [0.29, 0.717) is 18.4 Å². The van der Waals surface area contributed by atoms with Gasteiger partial charge in [0.25, 0.3) is 0 Å². The van der Waals surface area contributed by atoms with Gasteiger partial charge in [0.1, 0.15) is 12.4 Å². The number of benzene rings is 3. The van der Waals surface area contributed by atoms with Gasteiger partial charge in [-0.1, -0.05) is 86.6 Å². The minimum atomic E-state index is -0.862. The molecule has 0 aromatic heterocycles. The van der Waals surface area contributed by atoms with Gasteiger partial charge in [-0.15, -0.1) is 0 Å². The van der Waals surface area contributed by atoms with Crippen LogP contribution in [0.4, 0.5) is 0 Å². The summed E-state index contributed by atoms with van der Waals surface area (Å²) in [6.45, 7) is 8.03. The minimum absolute atomic E-state index is 0.320. The second-order valence-corrected chi connectivity index (χ2v) is 9.29. The van der Waals surface area contributed by atoms with E-state index in [1.165, 1.54) is 11.1 Å². The van der Waals surface area contributed by atoms with Gasteiger partial charge in [-0.05, 0) is 73.0 Å². The SMILES string of the molecule is CCN(CC)CCOc1ccc(C2(O)CC(c3ccccc3)CC(c3ccccc3)C2)cc1. The van der Waals surface area contributed by atoms with Crippen LogP contribution in [0.2, 0.25) is 0 Å². The van der Waals surface area contributed by atoms with Gasteiger partial charge in [0.2, 0.25) is 0 Å². The van der Waals surface area contributed by atoms with Crippen LogP contribution in [0.5, 0.6) is 5.75 Å². The predicted molar refractivity (Wildman–Crippen MR) is 136 cm³/mol. The molecule has 0 heterocycles. The van der Waals surface area contributed by atoms with E-state index < -0.39 is 5.60 Å². The molecular weight excluding hydrogens is 406 g/mol. The highest BCUT2D eigenvalue weighted by molar-refractivity contribution is 5.35. The van der Waals surface area contributed by atoms with Gasteiger partial charge in [-0.2, -0.15) is 0 Å². The van der Waals surface area contributed by atoms with Gasteiger partial charge in [0.15, 0.2) is 0 Å². The van der Waals surface area contributed by atoms with E-state index in [9.17, 15) is 5.11 Å². The molecule has 3 aromatic rings. The first-order valence-electron chi connectivity index (χ1n) is 12.4. The molecule has 2 atom stereocenters. The molecule has 0 amide bonds. The molecule has 1 saturated carbocycles. The Morgan fingerprint density at radius 1 is 0.788 bits per heavy atom. The van der Waals surface area contributed by atoms with Crippen molar-refractivity contribution in [2.24, 2.45) is 0 Å². The number of rotatable bonds is 9. The number of ether oxygens (including phenoxy) is 1. The molecule has 0 bridgehead atoms. The predicted octanol–water partition coefficient (Wildman–Crippen LogP) is 6.35. The van der Waals surface area contributed by atoms with Crippen LogP contribution in [0.25, 0.3) is 0 Å². The van der Waals surface area contributed by atoms with Crippen molar-refractivity contribution in [3.05, 3.63) is 102 Å². The molecule has 1 aliphatic rings. The topological polar surface area (TPSA) is 32.7 Å². The number of likely N-dealkylation sites (N-methyl/N-ethyl adjacent to an activating group) is 1. The van der Waals surface area contributed by atoms with Crippen LogP contribution in [0.15, 0.2) is 84.9 Å². The number of nitrogens with zero attached hydrogens (tertiary/aromatic N) is 1. The highest BCUT2D eigenvalue weighted by atomic mass is 16.5. The fourth-order valence-electron chi connectivity index (χ4n) is 5.30. The van der Waals surface area contributed by atoms with Gasteiger partial charge in [-0.3, -0.25) is 0 Å². The summed E-state index contributed by atoms with van der Waals surface area (Å²) in [5.74, 6) is 1.50. The first kappa shape index (κ1) is 23.5. The third-order valence-electron chi connectivity index (χ3n) is 7.24. The van der Waals surface area contributed by atoms with E-state index in [2.05, 4.69) is 91.5 Å². The second-order valence-electron chi connectivity index (χ2n) is 9.29. The lowest BCUT2D eigenvalue weighted by Crippen LogP contribution is -2.35. The molecular formula is C30H37NO2. The maximum Gasteiger partial charge on any atom is 0.119 e. The Bertz CT molecular complexity index is 920. The Morgan fingerprint density at radius 2 is 1.30 bits per heavy atom. The summed E-state index contributed by atoms with van der Waals surface area (Å²) in [4.78, 5) is 2.35. The summed E-state index contributed by atoms with van der Waals surface area (Å²) in [5, 5.41) is 12.0. The Morgan fingerprint density at radius 3 is 1.79 bits per heavy atom. The van der Waals surface area contributed by atoms with Gasteiger partial charge >= 0.3 is 0 Å². The van der Waals surface area contributed by atoms with Crippen LogP contribution in [0.3, 0.4) is 0 Å². The van der Waals surface area contributed by atoms with Gasteiger partial charge in [0, 0.05) is 6.54 Å². The van der Waals surface area contributed by atoms with Gasteiger partial charge < -0.3 is 14.7 Å². The standard InChI is InChI=1S/C30H37NO2/c1-3-31(4-2)19-20-33-29-17-15-28(16-18-29)30(32)22-26(24-11-7-5-8-12-24)21-27(23-30)25-13-9-6-10-14-25/h5-18,26-27,32H,3-4,19-23H2,1-2H3. The third kappa shape index (κ3) is 5.85. The summed E-state index contributed by atoms with van der Waals surface area (Å²) in [5.41, 5.74) is 2.75. The molecule has 1 fully saturated rings. The van der Waals surface area contributed by atoms with E-state index in [-0.39, 0.29) is 0 Å². The van der Waals surface area contributed by atoms with E-state index >= 15 is 0 Å². The molecule has 3 nitrogen and oxygen atoms in total. The van der Waals surface area contributed by atoms with Crippen LogP contribution >= 0.6 is 0 Å². The van der Waals surface area contributed by atoms with E-state index in [0.717, 1.165) is 50.2 Å². The highest BCUT2D eigenvalue weighted by Gasteiger charge is 2.41. The first-order valence-corrected chi connectivity index (χ1v) is 12.4. The molecule has 4 rings (SSSR count). The Kier molecular flexibility index (Phi) is 7.85. The normalized spacial score (nSPS) is 22.9. The lowest BCUT2D eigenvalue weighted by molar-refractivity contribution is -0.0164. The Balaban J connectivity index is 1.53. The minimum Gasteiger partial charge on any atom is -0.492 e.